The van der Waals surface area contributed by atoms with Gasteiger partial charge in [-0.1, -0.05) is 0 Å². The number of epoxide rings is 2. The van der Waals surface area contributed by atoms with E-state index < -0.39 is 0 Å². The Bertz CT molecular complexity index is 318. The maximum Gasteiger partial charge on any atom is 0.309 e. The van der Waals surface area contributed by atoms with Crippen LogP contribution in [0.4, 0.5) is 0 Å². The fraction of sp³-hybridized carbons (Fsp3) is 0.929. The van der Waals surface area contributed by atoms with E-state index >= 15 is 0 Å². The maximum atomic E-state index is 11.8. The zero-order valence-electron chi connectivity index (χ0n) is 11.6. The van der Waals surface area contributed by atoms with Crippen LogP contribution in [0.2, 0.25) is 0 Å². The molecule has 0 aromatic carbocycles. The molecule has 3 fully saturated rings. The summed E-state index contributed by atoms with van der Waals surface area (Å²) in [6.07, 6.45) is 4.12. The molecule has 20 heavy (non-hydrogen) atoms. The largest absolute Gasteiger partial charge is 0.463 e. The van der Waals surface area contributed by atoms with Gasteiger partial charge in [-0.3, -0.25) is 4.79 Å². The van der Waals surface area contributed by atoms with Gasteiger partial charge in [0.1, 0.15) is 25.4 Å². The first-order valence-corrected chi connectivity index (χ1v) is 7.45. The number of carbonyl (C=O) groups excluding carboxylic acids is 1. The summed E-state index contributed by atoms with van der Waals surface area (Å²) < 4.78 is 15.3. The highest BCUT2D eigenvalue weighted by Crippen LogP contribution is 2.30. The minimum atomic E-state index is -0.0676. The Hall–Kier alpha value is -0.690. The van der Waals surface area contributed by atoms with E-state index in [0.29, 0.717) is 25.7 Å². The molecular weight excluding hydrogens is 264 g/mol. The van der Waals surface area contributed by atoms with E-state index in [2.05, 4.69) is 0 Å². The summed E-state index contributed by atoms with van der Waals surface area (Å²) in [4.78, 5) is 22.1. The number of hydrogen-bond donors (Lipinski definition) is 0. The van der Waals surface area contributed by atoms with Crippen LogP contribution in [0.3, 0.4) is 0 Å². The second kappa shape index (κ2) is 6.85. The van der Waals surface area contributed by atoms with Gasteiger partial charge in [0.05, 0.1) is 25.7 Å². The van der Waals surface area contributed by atoms with Crippen LogP contribution in [-0.2, 0) is 28.8 Å². The van der Waals surface area contributed by atoms with Gasteiger partial charge in [-0.05, 0) is 31.6 Å². The average Bonchev–Trinajstić information content (AvgIpc) is 3.36. The minimum absolute atomic E-state index is 0.0470. The van der Waals surface area contributed by atoms with Gasteiger partial charge in [0, 0.05) is 0 Å². The lowest BCUT2D eigenvalue weighted by atomic mass is 9.82. The van der Waals surface area contributed by atoms with Crippen LogP contribution in [-0.4, -0.2) is 51.2 Å². The Labute approximate surface area is 118 Å². The SMILES string of the molecule is O=C(OCC1CO1)C1CCC(COOCC2CO2)CC1. The summed E-state index contributed by atoms with van der Waals surface area (Å²) in [5, 5.41) is 0. The van der Waals surface area contributed by atoms with E-state index in [1.807, 2.05) is 0 Å². The van der Waals surface area contributed by atoms with E-state index in [1.165, 1.54) is 0 Å². The Morgan fingerprint density at radius 1 is 0.900 bits per heavy atom. The number of ether oxygens (including phenoxy) is 3. The topological polar surface area (TPSA) is 69.8 Å². The van der Waals surface area contributed by atoms with Crippen LogP contribution in [0.5, 0.6) is 0 Å². The van der Waals surface area contributed by atoms with Crippen LogP contribution in [0.1, 0.15) is 25.7 Å². The van der Waals surface area contributed by atoms with Crippen molar-refractivity contribution in [2.24, 2.45) is 11.8 Å². The van der Waals surface area contributed by atoms with Gasteiger partial charge in [-0.25, -0.2) is 9.78 Å². The van der Waals surface area contributed by atoms with E-state index in [0.717, 1.165) is 38.9 Å². The van der Waals surface area contributed by atoms with Crippen molar-refractivity contribution in [1.29, 1.82) is 0 Å². The molecule has 1 saturated carbocycles. The molecular formula is C14H22O6. The first-order valence-electron chi connectivity index (χ1n) is 7.45. The molecule has 2 unspecified atom stereocenters. The predicted molar refractivity (Wildman–Crippen MR) is 67.8 cm³/mol. The summed E-state index contributed by atoms with van der Waals surface area (Å²) in [5.74, 6) is 0.457. The van der Waals surface area contributed by atoms with Gasteiger partial charge in [0.15, 0.2) is 0 Å². The molecule has 0 radical (unpaired) electrons. The van der Waals surface area contributed by atoms with Gasteiger partial charge in [0.2, 0.25) is 0 Å². The second-order valence-electron chi connectivity index (χ2n) is 5.83. The highest BCUT2D eigenvalue weighted by molar-refractivity contribution is 5.72. The number of carbonyl (C=O) groups is 1. The van der Waals surface area contributed by atoms with Crippen molar-refractivity contribution in [1.82, 2.24) is 0 Å². The van der Waals surface area contributed by atoms with E-state index in [1.54, 1.807) is 0 Å². The molecule has 0 N–H and O–H groups in total. The standard InChI is InChI=1S/C14H22O6/c15-14(18-8-12-6-16-12)11-3-1-10(2-4-11)5-19-20-9-13-7-17-13/h10-13H,1-9H2. The smallest absolute Gasteiger partial charge is 0.309 e. The molecule has 114 valence electrons. The molecule has 3 aliphatic rings. The first kappa shape index (κ1) is 14.3. The van der Waals surface area contributed by atoms with Crippen molar-refractivity contribution >= 4 is 5.97 Å². The van der Waals surface area contributed by atoms with Crippen LogP contribution in [0.15, 0.2) is 0 Å². The van der Waals surface area contributed by atoms with Gasteiger partial charge in [-0.15, -0.1) is 0 Å². The lowest BCUT2D eigenvalue weighted by Crippen LogP contribution is -2.26. The number of esters is 1. The van der Waals surface area contributed by atoms with Gasteiger partial charge < -0.3 is 14.2 Å². The average molecular weight is 286 g/mol. The lowest BCUT2D eigenvalue weighted by molar-refractivity contribution is -0.304. The third-order valence-corrected chi connectivity index (χ3v) is 4.04. The van der Waals surface area contributed by atoms with Gasteiger partial charge >= 0.3 is 5.97 Å². The van der Waals surface area contributed by atoms with Crippen molar-refractivity contribution < 1.29 is 28.8 Å². The van der Waals surface area contributed by atoms with Gasteiger partial charge in [-0.2, -0.15) is 0 Å². The number of rotatable bonds is 8. The summed E-state index contributed by atoms with van der Waals surface area (Å²) in [7, 11) is 0. The summed E-state index contributed by atoms with van der Waals surface area (Å²) >= 11 is 0. The molecule has 2 aliphatic heterocycles. The van der Waals surface area contributed by atoms with Crippen molar-refractivity contribution in [3.05, 3.63) is 0 Å². The molecule has 0 amide bonds. The fourth-order valence-electron chi connectivity index (χ4n) is 2.45. The van der Waals surface area contributed by atoms with Crippen LogP contribution >= 0.6 is 0 Å². The predicted octanol–water partition coefficient (Wildman–Crippen LogP) is 1.08. The fourth-order valence-corrected chi connectivity index (χ4v) is 2.45. The van der Waals surface area contributed by atoms with Crippen LogP contribution in [0, 0.1) is 11.8 Å². The quantitative estimate of drug-likeness (QED) is 0.219. The molecule has 0 aromatic heterocycles. The Morgan fingerprint density at radius 2 is 1.50 bits per heavy atom. The van der Waals surface area contributed by atoms with Crippen molar-refractivity contribution in [2.75, 3.05) is 33.0 Å². The molecule has 2 atom stereocenters. The summed E-state index contributed by atoms with van der Waals surface area (Å²) in [6.45, 7) is 3.04. The molecule has 3 rings (SSSR count). The van der Waals surface area contributed by atoms with Crippen molar-refractivity contribution in [2.45, 2.75) is 37.9 Å². The Morgan fingerprint density at radius 3 is 2.15 bits per heavy atom. The van der Waals surface area contributed by atoms with Crippen LogP contribution in [0.25, 0.3) is 0 Å². The van der Waals surface area contributed by atoms with E-state index in [9.17, 15) is 4.79 Å². The normalized spacial score (nSPS) is 35.6. The highest BCUT2D eigenvalue weighted by Gasteiger charge is 2.30. The zero-order valence-corrected chi connectivity index (χ0v) is 11.6. The first-order chi connectivity index (χ1) is 9.81. The van der Waals surface area contributed by atoms with Crippen LogP contribution < -0.4 is 0 Å². The minimum Gasteiger partial charge on any atom is -0.463 e. The molecule has 1 aliphatic carbocycles. The zero-order chi connectivity index (χ0) is 13.8. The molecule has 0 bridgehead atoms. The maximum absolute atomic E-state index is 11.8. The van der Waals surface area contributed by atoms with E-state index in [-0.39, 0.29) is 24.1 Å². The lowest BCUT2D eigenvalue weighted by Gasteiger charge is -2.26. The molecule has 2 heterocycles. The molecule has 0 aromatic rings. The molecule has 2 saturated heterocycles. The number of hydrogen-bond acceptors (Lipinski definition) is 6. The molecule has 6 nitrogen and oxygen atoms in total. The monoisotopic (exact) mass is 286 g/mol. The Kier molecular flexibility index (Phi) is 4.88. The van der Waals surface area contributed by atoms with Gasteiger partial charge in [0.25, 0.3) is 0 Å². The Balaban J connectivity index is 1.24. The third-order valence-electron chi connectivity index (χ3n) is 4.04. The van der Waals surface area contributed by atoms with Crippen molar-refractivity contribution in [3.8, 4) is 0 Å². The summed E-state index contributed by atoms with van der Waals surface area (Å²) in [5.41, 5.74) is 0. The second-order valence-corrected chi connectivity index (χ2v) is 5.83. The molecule has 6 heteroatoms. The third kappa shape index (κ3) is 4.70. The van der Waals surface area contributed by atoms with Crippen molar-refractivity contribution in [3.63, 3.8) is 0 Å². The highest BCUT2D eigenvalue weighted by atomic mass is 17.2. The summed E-state index contributed by atoms with van der Waals surface area (Å²) in [6, 6.07) is 0. The molecule has 0 spiro atoms. The van der Waals surface area contributed by atoms with E-state index in [4.69, 9.17) is 24.0 Å².